The first-order chi connectivity index (χ1) is 8.63. The normalized spacial score (nSPS) is 29.8. The summed E-state index contributed by atoms with van der Waals surface area (Å²) in [5.41, 5.74) is 0.756. The highest BCUT2D eigenvalue weighted by atomic mass is 79.9. The topological polar surface area (TPSA) is 17.1 Å². The summed E-state index contributed by atoms with van der Waals surface area (Å²) >= 11 is 9.39. The van der Waals surface area contributed by atoms with Crippen molar-refractivity contribution in [1.82, 2.24) is 0 Å². The molecule has 0 radical (unpaired) electrons. The fourth-order valence-electron chi connectivity index (χ4n) is 3.65. The number of hydrogen-bond donors (Lipinski definition) is 0. The monoisotopic (exact) mass is 326 g/mol. The smallest absolute Gasteiger partial charge is 0.163 e. The van der Waals surface area contributed by atoms with Crippen LogP contribution in [0.4, 0.5) is 0 Å². The van der Waals surface area contributed by atoms with E-state index in [4.69, 9.17) is 11.6 Å². The summed E-state index contributed by atoms with van der Waals surface area (Å²) in [5, 5.41) is 0.619. The first-order valence-electron chi connectivity index (χ1n) is 6.61. The van der Waals surface area contributed by atoms with Crippen molar-refractivity contribution in [3.63, 3.8) is 0 Å². The van der Waals surface area contributed by atoms with Gasteiger partial charge in [0, 0.05) is 16.5 Å². The average molecular weight is 328 g/mol. The SMILES string of the molecule is O=C(CC1CC2CCC1C2)c1ccc(Br)c(Cl)c1. The van der Waals surface area contributed by atoms with E-state index in [2.05, 4.69) is 15.9 Å². The Labute approximate surface area is 121 Å². The van der Waals surface area contributed by atoms with Gasteiger partial charge in [0.15, 0.2) is 5.78 Å². The van der Waals surface area contributed by atoms with Crippen LogP contribution in [0.1, 0.15) is 42.5 Å². The molecule has 0 spiro atoms. The molecule has 0 saturated heterocycles. The molecule has 3 heteroatoms. The van der Waals surface area contributed by atoms with Crippen LogP contribution >= 0.6 is 27.5 Å². The van der Waals surface area contributed by atoms with Crippen LogP contribution < -0.4 is 0 Å². The Bertz CT molecular complexity index is 485. The zero-order chi connectivity index (χ0) is 12.7. The molecule has 3 unspecified atom stereocenters. The Kier molecular flexibility index (Phi) is 3.50. The molecule has 1 aromatic rings. The summed E-state index contributed by atoms with van der Waals surface area (Å²) in [5.74, 6) is 2.59. The van der Waals surface area contributed by atoms with Crippen LogP contribution in [0.2, 0.25) is 5.02 Å². The molecule has 3 rings (SSSR count). The van der Waals surface area contributed by atoms with Gasteiger partial charge in [0.2, 0.25) is 0 Å². The van der Waals surface area contributed by atoms with Crippen molar-refractivity contribution in [3.8, 4) is 0 Å². The van der Waals surface area contributed by atoms with Crippen LogP contribution in [0.5, 0.6) is 0 Å². The van der Waals surface area contributed by atoms with Gasteiger partial charge < -0.3 is 0 Å². The van der Waals surface area contributed by atoms with Crippen molar-refractivity contribution in [1.29, 1.82) is 0 Å². The number of Topliss-reactive ketones (excluding diaryl/α,β-unsaturated/α-hetero) is 1. The molecule has 0 amide bonds. The third-order valence-corrected chi connectivity index (χ3v) is 5.81. The van der Waals surface area contributed by atoms with E-state index in [0.29, 0.717) is 17.4 Å². The van der Waals surface area contributed by atoms with Gasteiger partial charge in [0.05, 0.1) is 5.02 Å². The Hall–Kier alpha value is -0.340. The third-order valence-electron chi connectivity index (χ3n) is 4.57. The van der Waals surface area contributed by atoms with Crippen molar-refractivity contribution < 1.29 is 4.79 Å². The fraction of sp³-hybridized carbons (Fsp3) is 0.533. The van der Waals surface area contributed by atoms with Crippen molar-refractivity contribution in [2.45, 2.75) is 32.1 Å². The van der Waals surface area contributed by atoms with E-state index in [9.17, 15) is 4.79 Å². The maximum Gasteiger partial charge on any atom is 0.163 e. The predicted molar refractivity (Wildman–Crippen MR) is 77.0 cm³/mol. The quantitative estimate of drug-likeness (QED) is 0.705. The van der Waals surface area contributed by atoms with Gasteiger partial charge in [-0.25, -0.2) is 0 Å². The standard InChI is InChI=1S/C15H16BrClO/c16-13-4-3-11(7-14(13)17)15(18)8-12-6-9-1-2-10(12)5-9/h3-4,7,9-10,12H,1-2,5-6,8H2. The molecule has 0 heterocycles. The lowest BCUT2D eigenvalue weighted by Gasteiger charge is -2.20. The van der Waals surface area contributed by atoms with E-state index < -0.39 is 0 Å². The lowest BCUT2D eigenvalue weighted by atomic mass is 9.84. The number of fused-ring (bicyclic) bond motifs is 2. The highest BCUT2D eigenvalue weighted by molar-refractivity contribution is 9.10. The molecule has 2 aliphatic carbocycles. The molecular weight excluding hydrogens is 312 g/mol. The lowest BCUT2D eigenvalue weighted by molar-refractivity contribution is 0.0944. The molecule has 2 saturated carbocycles. The van der Waals surface area contributed by atoms with Gasteiger partial charge in [0.1, 0.15) is 0 Å². The molecule has 2 bridgehead atoms. The van der Waals surface area contributed by atoms with Crippen LogP contribution in [0, 0.1) is 17.8 Å². The minimum Gasteiger partial charge on any atom is -0.294 e. The van der Waals surface area contributed by atoms with Gasteiger partial charge in [-0.15, -0.1) is 0 Å². The number of ketones is 1. The van der Waals surface area contributed by atoms with Gasteiger partial charge in [-0.1, -0.05) is 24.1 Å². The summed E-state index contributed by atoms with van der Waals surface area (Å²) in [4.78, 5) is 12.3. The molecule has 2 aliphatic rings. The Morgan fingerprint density at radius 1 is 1.33 bits per heavy atom. The molecule has 0 aliphatic heterocycles. The summed E-state index contributed by atoms with van der Waals surface area (Å²) < 4.78 is 0.848. The van der Waals surface area contributed by atoms with Crippen LogP contribution in [-0.4, -0.2) is 5.78 Å². The van der Waals surface area contributed by atoms with E-state index in [1.165, 1.54) is 25.7 Å². The Morgan fingerprint density at radius 3 is 2.78 bits per heavy atom. The summed E-state index contributed by atoms with van der Waals surface area (Å²) in [6.07, 6.45) is 6.06. The molecule has 2 fully saturated rings. The molecule has 18 heavy (non-hydrogen) atoms. The fourth-order valence-corrected chi connectivity index (χ4v) is 4.08. The number of rotatable bonds is 3. The second kappa shape index (κ2) is 4.97. The molecule has 96 valence electrons. The zero-order valence-electron chi connectivity index (χ0n) is 10.2. The maximum atomic E-state index is 12.3. The first kappa shape index (κ1) is 12.7. The number of carbonyl (C=O) groups excluding carboxylic acids is 1. The van der Waals surface area contributed by atoms with Gasteiger partial charge in [-0.2, -0.15) is 0 Å². The Morgan fingerprint density at radius 2 is 2.17 bits per heavy atom. The van der Waals surface area contributed by atoms with Crippen LogP contribution in [0.25, 0.3) is 0 Å². The van der Waals surface area contributed by atoms with E-state index in [1.54, 1.807) is 6.07 Å². The third kappa shape index (κ3) is 2.37. The van der Waals surface area contributed by atoms with Crippen molar-refractivity contribution in [3.05, 3.63) is 33.3 Å². The van der Waals surface area contributed by atoms with E-state index >= 15 is 0 Å². The number of hydrogen-bond acceptors (Lipinski definition) is 1. The summed E-state index contributed by atoms with van der Waals surface area (Å²) in [6.45, 7) is 0. The van der Waals surface area contributed by atoms with Gasteiger partial charge >= 0.3 is 0 Å². The van der Waals surface area contributed by atoms with Gasteiger partial charge in [-0.3, -0.25) is 4.79 Å². The lowest BCUT2D eigenvalue weighted by Crippen LogP contribution is -2.15. The minimum atomic E-state index is 0.252. The highest BCUT2D eigenvalue weighted by Crippen LogP contribution is 2.49. The zero-order valence-corrected chi connectivity index (χ0v) is 12.5. The maximum absolute atomic E-state index is 12.3. The van der Waals surface area contributed by atoms with Crippen LogP contribution in [0.3, 0.4) is 0 Å². The first-order valence-corrected chi connectivity index (χ1v) is 7.79. The van der Waals surface area contributed by atoms with E-state index in [-0.39, 0.29) is 5.78 Å². The average Bonchev–Trinajstić information content (AvgIpc) is 2.94. The van der Waals surface area contributed by atoms with E-state index in [1.807, 2.05) is 12.1 Å². The van der Waals surface area contributed by atoms with Crippen LogP contribution in [-0.2, 0) is 0 Å². The minimum absolute atomic E-state index is 0.252. The summed E-state index contributed by atoms with van der Waals surface area (Å²) in [6, 6.07) is 5.50. The highest BCUT2D eigenvalue weighted by Gasteiger charge is 2.40. The van der Waals surface area contributed by atoms with Gasteiger partial charge in [0.25, 0.3) is 0 Å². The van der Waals surface area contributed by atoms with Crippen molar-refractivity contribution in [2.24, 2.45) is 17.8 Å². The number of carbonyl (C=O) groups is 1. The van der Waals surface area contributed by atoms with E-state index in [0.717, 1.165) is 21.9 Å². The predicted octanol–water partition coefficient (Wildman–Crippen LogP) is 5.11. The van der Waals surface area contributed by atoms with Crippen LogP contribution in [0.15, 0.2) is 22.7 Å². The second-order valence-corrected chi connectivity index (χ2v) is 6.95. The van der Waals surface area contributed by atoms with Crippen molar-refractivity contribution >= 4 is 33.3 Å². The molecular formula is C15H16BrClO. The van der Waals surface area contributed by atoms with Crippen molar-refractivity contribution in [2.75, 3.05) is 0 Å². The molecule has 0 N–H and O–H groups in total. The number of halogens is 2. The Balaban J connectivity index is 1.69. The number of benzene rings is 1. The summed E-state index contributed by atoms with van der Waals surface area (Å²) in [7, 11) is 0. The largest absolute Gasteiger partial charge is 0.294 e. The second-order valence-electron chi connectivity index (χ2n) is 5.69. The molecule has 1 aromatic carbocycles. The molecule has 1 nitrogen and oxygen atoms in total. The molecule has 3 atom stereocenters. The molecule has 0 aromatic heterocycles. The van der Waals surface area contributed by atoms with Gasteiger partial charge in [-0.05, 0) is 65.1 Å².